The van der Waals surface area contributed by atoms with E-state index in [1.165, 1.54) is 6.92 Å². The van der Waals surface area contributed by atoms with Crippen LogP contribution in [-0.2, 0) is 43.2 Å². The Balaban J connectivity index is 6.02. The maximum atomic E-state index is 13.8. The van der Waals surface area contributed by atoms with Gasteiger partial charge in [0.15, 0.2) is 5.96 Å². The highest BCUT2D eigenvalue weighted by Crippen LogP contribution is 2.12. The largest absolute Gasteiger partial charge is 0.481 e. The van der Waals surface area contributed by atoms with Crippen molar-refractivity contribution < 1.29 is 53.4 Å². The Hall–Kier alpha value is -5.58. The van der Waals surface area contributed by atoms with Crippen LogP contribution in [0.4, 0.5) is 0 Å². The van der Waals surface area contributed by atoms with Gasteiger partial charge in [-0.3, -0.25) is 43.3 Å². The van der Waals surface area contributed by atoms with E-state index in [4.69, 9.17) is 22.9 Å². The second-order valence-electron chi connectivity index (χ2n) is 15.2. The number of carboxylic acids is 2. The Morgan fingerprint density at radius 1 is 0.617 bits per heavy atom. The quantitative estimate of drug-likeness (QED) is 0.0197. The normalized spacial score (nSPS) is 15.1. The summed E-state index contributed by atoms with van der Waals surface area (Å²) in [7, 11) is 0. The molecule has 0 aromatic rings. The van der Waals surface area contributed by atoms with Crippen molar-refractivity contribution in [1.29, 1.82) is 0 Å². The number of nitrogens with two attached hydrogens (primary N) is 4. The number of unbranched alkanes of at least 4 members (excludes halogenated alkanes) is 1. The molecular formula is C37H68N12O11. The summed E-state index contributed by atoms with van der Waals surface area (Å²) in [4.78, 5) is 119. The molecule has 0 radical (unpaired) electrons. The molecule has 0 saturated heterocycles. The molecule has 60 heavy (non-hydrogen) atoms. The van der Waals surface area contributed by atoms with Crippen LogP contribution in [-0.4, -0.2) is 131 Å². The van der Waals surface area contributed by atoms with Crippen LogP contribution in [0.2, 0.25) is 0 Å². The zero-order valence-electron chi connectivity index (χ0n) is 35.7. The number of nitrogens with zero attached hydrogens (tertiary/aromatic N) is 1. The SMILES string of the molecule is CC[C@H](C)[C@H](NC(=O)[C@H](CC(=O)O)NC(=O)CNC(=O)[C@@H](N)CCCN=C(N)N)C(=O)N[C@@H](CCCCN)C(=O)N[C@H](C(=O)N[C@@H](C)C(=O)N[C@H](C(=O)O)C(C)C)C(C)C. The van der Waals surface area contributed by atoms with Crippen molar-refractivity contribution in [3.8, 4) is 0 Å². The van der Waals surface area contributed by atoms with Gasteiger partial charge in [-0.25, -0.2) is 4.79 Å². The number of amides is 7. The van der Waals surface area contributed by atoms with Gasteiger partial charge in [-0.15, -0.1) is 0 Å². The molecule has 8 atom stereocenters. The molecule has 342 valence electrons. The van der Waals surface area contributed by atoms with Crippen LogP contribution < -0.4 is 60.2 Å². The van der Waals surface area contributed by atoms with E-state index in [1.807, 2.05) is 0 Å². The van der Waals surface area contributed by atoms with Crippen molar-refractivity contribution >= 4 is 59.2 Å². The predicted octanol–water partition coefficient (Wildman–Crippen LogP) is -3.54. The van der Waals surface area contributed by atoms with E-state index in [0.717, 1.165) is 0 Å². The minimum Gasteiger partial charge on any atom is -0.481 e. The molecule has 0 saturated carbocycles. The van der Waals surface area contributed by atoms with Gasteiger partial charge >= 0.3 is 11.9 Å². The summed E-state index contributed by atoms with van der Waals surface area (Å²) in [6.07, 6.45) is 0.925. The van der Waals surface area contributed by atoms with Crippen molar-refractivity contribution in [2.75, 3.05) is 19.6 Å². The molecule has 0 fully saturated rings. The Morgan fingerprint density at radius 3 is 1.68 bits per heavy atom. The van der Waals surface area contributed by atoms with E-state index in [1.54, 1.807) is 41.5 Å². The van der Waals surface area contributed by atoms with Gasteiger partial charge in [0.1, 0.15) is 36.3 Å². The average molecular weight is 857 g/mol. The van der Waals surface area contributed by atoms with Crippen molar-refractivity contribution in [1.82, 2.24) is 37.2 Å². The molecule has 0 aliphatic carbocycles. The first-order valence-corrected chi connectivity index (χ1v) is 20.0. The number of rotatable bonds is 29. The molecule has 0 unspecified atom stereocenters. The lowest BCUT2D eigenvalue weighted by molar-refractivity contribution is -0.143. The number of nitrogens with one attached hydrogen (secondary N) is 7. The number of guanidine groups is 1. The Morgan fingerprint density at radius 2 is 1.17 bits per heavy atom. The molecule has 7 amide bonds. The molecular weight excluding hydrogens is 788 g/mol. The van der Waals surface area contributed by atoms with Gasteiger partial charge in [-0.1, -0.05) is 48.0 Å². The second-order valence-corrected chi connectivity index (χ2v) is 15.2. The number of carbonyl (C=O) groups is 9. The summed E-state index contributed by atoms with van der Waals surface area (Å²) >= 11 is 0. The van der Waals surface area contributed by atoms with Crippen LogP contribution in [0.15, 0.2) is 4.99 Å². The average Bonchev–Trinajstić information content (AvgIpc) is 3.16. The van der Waals surface area contributed by atoms with Crippen molar-refractivity contribution in [3.05, 3.63) is 0 Å². The molecule has 0 aliphatic rings. The van der Waals surface area contributed by atoms with Gasteiger partial charge in [-0.05, 0) is 63.3 Å². The van der Waals surface area contributed by atoms with Gasteiger partial charge in [0.25, 0.3) is 0 Å². The predicted molar refractivity (Wildman–Crippen MR) is 220 cm³/mol. The van der Waals surface area contributed by atoms with Gasteiger partial charge in [0.2, 0.25) is 41.4 Å². The third kappa shape index (κ3) is 20.9. The molecule has 0 spiro atoms. The number of hydrogen-bond donors (Lipinski definition) is 13. The molecule has 0 aromatic heterocycles. The Kier molecular flexibility index (Phi) is 25.4. The number of aliphatic imine (C=N–C) groups is 1. The molecule has 23 heteroatoms. The Labute approximate surface area is 350 Å². The summed E-state index contributed by atoms with van der Waals surface area (Å²) in [5, 5.41) is 36.1. The van der Waals surface area contributed by atoms with Gasteiger partial charge < -0.3 is 70.4 Å². The fraction of sp³-hybridized carbons (Fsp3) is 0.730. The monoisotopic (exact) mass is 857 g/mol. The van der Waals surface area contributed by atoms with Gasteiger partial charge in [-0.2, -0.15) is 0 Å². The topological polar surface area (TPSA) is 395 Å². The first kappa shape index (κ1) is 54.4. The zero-order chi connectivity index (χ0) is 46.3. The first-order valence-electron chi connectivity index (χ1n) is 20.0. The lowest BCUT2D eigenvalue weighted by Crippen LogP contribution is -2.61. The van der Waals surface area contributed by atoms with Crippen LogP contribution in [0.25, 0.3) is 0 Å². The van der Waals surface area contributed by atoms with Crippen LogP contribution in [0, 0.1) is 17.8 Å². The van der Waals surface area contributed by atoms with E-state index in [9.17, 15) is 53.4 Å². The summed E-state index contributed by atoms with van der Waals surface area (Å²) in [6.45, 7) is 11.1. The van der Waals surface area contributed by atoms with Crippen LogP contribution >= 0.6 is 0 Å². The molecule has 0 aromatic carbocycles. The van der Waals surface area contributed by atoms with E-state index in [-0.39, 0.29) is 31.9 Å². The zero-order valence-corrected chi connectivity index (χ0v) is 35.7. The smallest absolute Gasteiger partial charge is 0.326 e. The van der Waals surface area contributed by atoms with Crippen LogP contribution in [0.1, 0.15) is 93.4 Å². The highest BCUT2D eigenvalue weighted by molar-refractivity contribution is 5.98. The van der Waals surface area contributed by atoms with E-state index < -0.39 is 126 Å². The summed E-state index contributed by atoms with van der Waals surface area (Å²) < 4.78 is 0. The van der Waals surface area contributed by atoms with E-state index in [2.05, 4.69) is 42.2 Å². The first-order chi connectivity index (χ1) is 28.0. The summed E-state index contributed by atoms with van der Waals surface area (Å²) in [6, 6.07) is -8.86. The maximum Gasteiger partial charge on any atom is 0.326 e. The van der Waals surface area contributed by atoms with Crippen LogP contribution in [0.3, 0.4) is 0 Å². The number of carbonyl (C=O) groups excluding carboxylic acids is 7. The fourth-order valence-corrected chi connectivity index (χ4v) is 5.51. The maximum absolute atomic E-state index is 13.8. The third-order valence-electron chi connectivity index (χ3n) is 9.36. The number of carboxylic acid groups (broad SMARTS) is 2. The highest BCUT2D eigenvalue weighted by Gasteiger charge is 2.35. The van der Waals surface area contributed by atoms with Crippen molar-refractivity contribution in [3.63, 3.8) is 0 Å². The second kappa shape index (κ2) is 28.0. The molecule has 0 rings (SSSR count). The fourth-order valence-electron chi connectivity index (χ4n) is 5.51. The highest BCUT2D eigenvalue weighted by atomic mass is 16.4. The van der Waals surface area contributed by atoms with E-state index >= 15 is 0 Å². The molecule has 0 aliphatic heterocycles. The number of hydrogen-bond acceptors (Lipinski definition) is 12. The number of aliphatic carboxylic acids is 2. The lowest BCUT2D eigenvalue weighted by atomic mass is 9.96. The van der Waals surface area contributed by atoms with Crippen LogP contribution in [0.5, 0.6) is 0 Å². The third-order valence-corrected chi connectivity index (χ3v) is 9.36. The summed E-state index contributed by atoms with van der Waals surface area (Å²) in [5.74, 6) is -10.1. The molecule has 17 N–H and O–H groups in total. The van der Waals surface area contributed by atoms with Crippen molar-refractivity contribution in [2.45, 2.75) is 136 Å². The standard InChI is InChI=1S/C37H68N12O11/c1-8-20(6)29(49-33(56)24(16-26(51)52)45-25(50)17-43-31(54)22(39)12-11-15-42-37(40)41)35(58)46-23(13-9-10-14-38)32(55)47-27(18(2)3)34(57)44-21(7)30(53)48-28(19(4)5)36(59)60/h18-24,27-29H,8-17,38-39H2,1-7H3,(H,43,54)(H,44,57)(H,45,50)(H,46,58)(H,47,55)(H,48,53)(H,49,56)(H,51,52)(H,59,60)(H4,40,41,42)/t20-,21-,22-,23-,24-,27-,28-,29-/m0/s1. The van der Waals surface area contributed by atoms with E-state index in [0.29, 0.717) is 25.7 Å². The minimum absolute atomic E-state index is 0.0658. The summed E-state index contributed by atoms with van der Waals surface area (Å²) in [5.41, 5.74) is 22.0. The molecule has 23 nitrogen and oxygen atoms in total. The van der Waals surface area contributed by atoms with Gasteiger partial charge in [0.05, 0.1) is 19.0 Å². The van der Waals surface area contributed by atoms with Crippen molar-refractivity contribution in [2.24, 2.45) is 45.7 Å². The van der Waals surface area contributed by atoms with Gasteiger partial charge in [0, 0.05) is 6.54 Å². The molecule has 0 bridgehead atoms. The lowest BCUT2D eigenvalue weighted by Gasteiger charge is -2.29. The Bertz CT molecular complexity index is 1510. The molecule has 0 heterocycles. The minimum atomic E-state index is -1.68.